The molecule has 0 radical (unpaired) electrons. The molecule has 122 valence electrons. The molecule has 1 N–H and O–H groups in total. The number of aromatic nitrogens is 1. The van der Waals surface area contributed by atoms with E-state index < -0.39 is 5.91 Å². The van der Waals surface area contributed by atoms with E-state index in [0.29, 0.717) is 11.7 Å². The highest BCUT2D eigenvalue weighted by Crippen LogP contribution is 2.26. The summed E-state index contributed by atoms with van der Waals surface area (Å²) in [5.74, 6) is -0.462. The quantitative estimate of drug-likeness (QED) is 0.685. The van der Waals surface area contributed by atoms with Crippen molar-refractivity contribution in [1.82, 2.24) is 15.3 Å². The topological polar surface area (TPSA) is 74.7 Å². The highest BCUT2D eigenvalue weighted by Gasteiger charge is 2.34. The molecular weight excluding hydrogens is 324 g/mol. The van der Waals surface area contributed by atoms with Gasteiger partial charge in [-0.2, -0.15) is 0 Å². The lowest BCUT2D eigenvalue weighted by molar-refractivity contribution is -0.125. The van der Waals surface area contributed by atoms with Crippen molar-refractivity contribution in [1.29, 1.82) is 0 Å². The maximum absolute atomic E-state index is 12.3. The fourth-order valence-electron chi connectivity index (χ4n) is 2.32. The van der Waals surface area contributed by atoms with Gasteiger partial charge in [-0.25, -0.2) is 10.4 Å². The molecule has 0 saturated carbocycles. The Morgan fingerprint density at radius 3 is 3.00 bits per heavy atom. The zero-order chi connectivity index (χ0) is 17.1. The van der Waals surface area contributed by atoms with Crippen LogP contribution < -0.4 is 5.43 Å². The Labute approximate surface area is 143 Å². The molecule has 7 heteroatoms. The molecule has 1 saturated heterocycles. The molecule has 1 aliphatic rings. The van der Waals surface area contributed by atoms with Crippen LogP contribution >= 0.6 is 11.8 Å². The van der Waals surface area contributed by atoms with Gasteiger partial charge in [0.2, 0.25) is 5.91 Å². The largest absolute Gasteiger partial charge is 0.290 e. The maximum atomic E-state index is 12.3. The van der Waals surface area contributed by atoms with Crippen LogP contribution in [0.3, 0.4) is 0 Å². The maximum Gasteiger partial charge on any atom is 0.290 e. The van der Waals surface area contributed by atoms with Gasteiger partial charge in [0.05, 0.1) is 10.8 Å². The number of benzene rings is 1. The smallest absolute Gasteiger partial charge is 0.285 e. The van der Waals surface area contributed by atoms with Crippen LogP contribution in [0.5, 0.6) is 0 Å². The van der Waals surface area contributed by atoms with E-state index in [4.69, 9.17) is 0 Å². The number of rotatable bonds is 4. The van der Waals surface area contributed by atoms with Crippen molar-refractivity contribution >= 4 is 39.6 Å². The standard InChI is InChI=1S/C17H16N4O2S/c1-3-10-21-16(23)11(2)24-17(21)20-19-15(22)14-9-8-12-6-4-5-7-13(12)18-14/h3-9,11H,1,10H2,2H3,(H,19,22)/b20-17-. The molecule has 1 atom stereocenters. The molecule has 0 aliphatic carbocycles. The number of fused-ring (bicyclic) bond motifs is 1. The number of hydrogen-bond donors (Lipinski definition) is 1. The van der Waals surface area contributed by atoms with Crippen LogP contribution in [0.4, 0.5) is 0 Å². The van der Waals surface area contributed by atoms with Crippen LogP contribution in [-0.2, 0) is 4.79 Å². The van der Waals surface area contributed by atoms with E-state index in [2.05, 4.69) is 22.1 Å². The molecule has 1 aromatic carbocycles. The number of carbonyl (C=O) groups is 2. The molecule has 2 amide bonds. The van der Waals surface area contributed by atoms with E-state index in [1.165, 1.54) is 16.7 Å². The average molecular weight is 340 g/mol. The first-order valence-corrected chi connectivity index (χ1v) is 8.31. The van der Waals surface area contributed by atoms with E-state index >= 15 is 0 Å². The normalized spacial score (nSPS) is 19.0. The highest BCUT2D eigenvalue weighted by atomic mass is 32.2. The lowest BCUT2D eigenvalue weighted by Gasteiger charge is -2.13. The summed E-state index contributed by atoms with van der Waals surface area (Å²) in [5, 5.41) is 5.28. The first-order chi connectivity index (χ1) is 11.6. The van der Waals surface area contributed by atoms with Crippen molar-refractivity contribution in [2.45, 2.75) is 12.2 Å². The van der Waals surface area contributed by atoms with Crippen molar-refractivity contribution in [2.24, 2.45) is 5.10 Å². The second-order valence-electron chi connectivity index (χ2n) is 5.22. The van der Waals surface area contributed by atoms with Gasteiger partial charge >= 0.3 is 0 Å². The summed E-state index contributed by atoms with van der Waals surface area (Å²) in [4.78, 5) is 30.1. The van der Waals surface area contributed by atoms with Crippen LogP contribution in [0.15, 0.2) is 54.2 Å². The predicted octanol–water partition coefficient (Wildman–Crippen LogP) is 2.39. The Morgan fingerprint density at radius 1 is 1.42 bits per heavy atom. The van der Waals surface area contributed by atoms with E-state index in [9.17, 15) is 9.59 Å². The molecule has 1 unspecified atom stereocenters. The summed E-state index contributed by atoms with van der Waals surface area (Å²) >= 11 is 1.30. The predicted molar refractivity (Wildman–Crippen MR) is 95.6 cm³/mol. The summed E-state index contributed by atoms with van der Waals surface area (Å²) in [6.45, 7) is 5.80. The number of para-hydroxylation sites is 1. The van der Waals surface area contributed by atoms with Gasteiger partial charge in [0.15, 0.2) is 5.17 Å². The van der Waals surface area contributed by atoms with Crippen molar-refractivity contribution in [3.63, 3.8) is 0 Å². The molecule has 1 aromatic heterocycles. The minimum Gasteiger partial charge on any atom is -0.285 e. The minimum atomic E-state index is -0.417. The number of thioether (sulfide) groups is 1. The third-order valence-electron chi connectivity index (χ3n) is 3.52. The average Bonchev–Trinajstić information content (AvgIpc) is 2.87. The van der Waals surface area contributed by atoms with Crippen molar-refractivity contribution in [2.75, 3.05) is 6.54 Å². The summed E-state index contributed by atoms with van der Waals surface area (Å²) in [7, 11) is 0. The van der Waals surface area contributed by atoms with Gasteiger partial charge in [-0.1, -0.05) is 42.1 Å². The van der Waals surface area contributed by atoms with Gasteiger partial charge in [0.1, 0.15) is 5.69 Å². The van der Waals surface area contributed by atoms with Crippen LogP contribution in [0.25, 0.3) is 10.9 Å². The van der Waals surface area contributed by atoms with Gasteiger partial charge < -0.3 is 0 Å². The molecule has 2 aromatic rings. The number of hydrogen-bond acceptors (Lipinski definition) is 5. The first-order valence-electron chi connectivity index (χ1n) is 7.43. The van der Waals surface area contributed by atoms with E-state index in [1.807, 2.05) is 30.3 Å². The first kappa shape index (κ1) is 16.2. The molecular formula is C17H16N4O2S. The summed E-state index contributed by atoms with van der Waals surface area (Å²) in [5.41, 5.74) is 3.49. The Morgan fingerprint density at radius 2 is 2.21 bits per heavy atom. The number of nitrogens with zero attached hydrogens (tertiary/aromatic N) is 3. The molecule has 1 fully saturated rings. The number of amidine groups is 1. The van der Waals surface area contributed by atoms with Gasteiger partial charge in [-0.3, -0.25) is 14.5 Å². The van der Waals surface area contributed by atoms with E-state index in [0.717, 1.165) is 10.9 Å². The van der Waals surface area contributed by atoms with Crippen molar-refractivity contribution in [3.8, 4) is 0 Å². The Balaban J connectivity index is 1.78. The summed E-state index contributed by atoms with van der Waals surface area (Å²) in [6.07, 6.45) is 1.62. The molecule has 0 spiro atoms. The van der Waals surface area contributed by atoms with E-state index in [-0.39, 0.29) is 16.9 Å². The second kappa shape index (κ2) is 6.84. The molecule has 0 bridgehead atoms. The third-order valence-corrected chi connectivity index (χ3v) is 4.60. The number of pyridine rings is 1. The summed E-state index contributed by atoms with van der Waals surface area (Å²) in [6, 6.07) is 11.0. The summed E-state index contributed by atoms with van der Waals surface area (Å²) < 4.78 is 0. The van der Waals surface area contributed by atoms with Crippen LogP contribution in [0, 0.1) is 0 Å². The van der Waals surface area contributed by atoms with Gasteiger partial charge in [-0.15, -0.1) is 11.7 Å². The molecule has 2 heterocycles. The molecule has 3 rings (SSSR count). The SMILES string of the molecule is C=CCN1C(=O)C(C)S/C1=N\NC(=O)c1ccc2ccccc2n1. The molecule has 24 heavy (non-hydrogen) atoms. The monoisotopic (exact) mass is 340 g/mol. The number of carbonyl (C=O) groups excluding carboxylic acids is 2. The third kappa shape index (κ3) is 3.16. The number of hydrazone groups is 1. The van der Waals surface area contributed by atoms with Gasteiger partial charge in [0.25, 0.3) is 5.91 Å². The number of nitrogens with one attached hydrogen (secondary N) is 1. The second-order valence-corrected chi connectivity index (χ2v) is 6.53. The van der Waals surface area contributed by atoms with Crippen molar-refractivity contribution in [3.05, 3.63) is 54.7 Å². The van der Waals surface area contributed by atoms with Gasteiger partial charge in [-0.05, 0) is 19.1 Å². The Kier molecular flexibility index (Phi) is 4.61. The minimum absolute atomic E-state index is 0.0447. The lowest BCUT2D eigenvalue weighted by atomic mass is 10.2. The van der Waals surface area contributed by atoms with Crippen LogP contribution in [-0.4, -0.2) is 38.7 Å². The Bertz CT molecular complexity index is 849. The fourth-order valence-corrected chi connectivity index (χ4v) is 3.25. The van der Waals surface area contributed by atoms with Gasteiger partial charge in [0, 0.05) is 11.9 Å². The van der Waals surface area contributed by atoms with E-state index in [1.54, 1.807) is 19.1 Å². The number of amides is 2. The van der Waals surface area contributed by atoms with Crippen LogP contribution in [0.1, 0.15) is 17.4 Å². The highest BCUT2D eigenvalue weighted by molar-refractivity contribution is 8.15. The lowest BCUT2D eigenvalue weighted by Crippen LogP contribution is -2.33. The molecule has 6 nitrogen and oxygen atoms in total. The van der Waals surface area contributed by atoms with Crippen molar-refractivity contribution < 1.29 is 9.59 Å². The van der Waals surface area contributed by atoms with Crippen LogP contribution in [0.2, 0.25) is 0 Å². The molecule has 1 aliphatic heterocycles. The zero-order valence-electron chi connectivity index (χ0n) is 13.1. The zero-order valence-corrected chi connectivity index (χ0v) is 13.9. The Hall–Kier alpha value is -2.67. The fraction of sp³-hybridized carbons (Fsp3) is 0.176.